The number of hydrogen-bond acceptors (Lipinski definition) is 5. The lowest BCUT2D eigenvalue weighted by Gasteiger charge is -2.19. The summed E-state index contributed by atoms with van der Waals surface area (Å²) in [5.41, 5.74) is -2.04. The van der Waals surface area contributed by atoms with Crippen molar-refractivity contribution in [2.75, 3.05) is 5.94 Å². The van der Waals surface area contributed by atoms with Gasteiger partial charge in [-0.05, 0) is 13.3 Å². The summed E-state index contributed by atoms with van der Waals surface area (Å²) < 4.78 is 4.55. The topological polar surface area (TPSA) is 63.6 Å². The standard InChI is InChI=1S/C14H26O4S/c1-3-4-5-6-7-8-9-10-12(15)14(2,17)13(16)18-11-19/h17,19H,3-11H2,1-2H3. The van der Waals surface area contributed by atoms with Crippen LogP contribution in [-0.4, -0.2) is 28.4 Å². The number of ketones is 1. The van der Waals surface area contributed by atoms with E-state index in [1.54, 1.807) is 0 Å². The van der Waals surface area contributed by atoms with E-state index in [2.05, 4.69) is 24.3 Å². The Bertz CT molecular complexity index is 277. The van der Waals surface area contributed by atoms with Gasteiger partial charge in [0, 0.05) is 6.42 Å². The molecule has 5 heteroatoms. The highest BCUT2D eigenvalue weighted by Crippen LogP contribution is 2.15. The zero-order valence-corrected chi connectivity index (χ0v) is 12.9. The third-order valence-electron chi connectivity index (χ3n) is 3.14. The van der Waals surface area contributed by atoms with E-state index >= 15 is 0 Å². The molecule has 0 fully saturated rings. The van der Waals surface area contributed by atoms with Crippen LogP contribution in [0, 0.1) is 0 Å². The molecule has 0 aromatic heterocycles. The van der Waals surface area contributed by atoms with Crippen molar-refractivity contribution in [1.29, 1.82) is 0 Å². The Morgan fingerprint density at radius 1 is 1.11 bits per heavy atom. The lowest BCUT2D eigenvalue weighted by molar-refractivity contribution is -0.166. The van der Waals surface area contributed by atoms with Gasteiger partial charge in [0.15, 0.2) is 5.78 Å². The largest absolute Gasteiger partial charge is 0.452 e. The van der Waals surface area contributed by atoms with Crippen molar-refractivity contribution in [1.82, 2.24) is 0 Å². The van der Waals surface area contributed by atoms with Gasteiger partial charge in [0.05, 0.1) is 0 Å². The first kappa shape index (κ1) is 18.4. The van der Waals surface area contributed by atoms with E-state index in [1.165, 1.54) is 32.6 Å². The number of Topliss-reactive ketones (excluding diaryl/α,β-unsaturated/α-hetero) is 1. The fourth-order valence-corrected chi connectivity index (χ4v) is 1.92. The fourth-order valence-electron chi connectivity index (χ4n) is 1.80. The molecule has 0 heterocycles. The summed E-state index contributed by atoms with van der Waals surface area (Å²) >= 11 is 3.72. The van der Waals surface area contributed by atoms with Gasteiger partial charge >= 0.3 is 5.97 Å². The smallest absolute Gasteiger partial charge is 0.346 e. The van der Waals surface area contributed by atoms with E-state index in [9.17, 15) is 14.7 Å². The Labute approximate surface area is 121 Å². The normalized spacial score (nSPS) is 13.9. The average molecular weight is 290 g/mol. The molecule has 0 aromatic rings. The van der Waals surface area contributed by atoms with Gasteiger partial charge in [0.1, 0.15) is 5.94 Å². The van der Waals surface area contributed by atoms with Crippen LogP contribution in [0.3, 0.4) is 0 Å². The quantitative estimate of drug-likeness (QED) is 0.202. The number of hydrogen-bond donors (Lipinski definition) is 2. The molecule has 0 radical (unpaired) electrons. The number of thiol groups is 1. The van der Waals surface area contributed by atoms with Gasteiger partial charge in [-0.2, -0.15) is 0 Å². The first-order chi connectivity index (χ1) is 8.96. The van der Waals surface area contributed by atoms with Crippen LogP contribution in [0.25, 0.3) is 0 Å². The highest BCUT2D eigenvalue weighted by atomic mass is 32.1. The fraction of sp³-hybridized carbons (Fsp3) is 0.857. The average Bonchev–Trinajstić information content (AvgIpc) is 2.37. The van der Waals surface area contributed by atoms with Gasteiger partial charge in [-0.25, -0.2) is 4.79 Å². The summed E-state index contributed by atoms with van der Waals surface area (Å²) in [5, 5.41) is 9.80. The molecule has 4 nitrogen and oxygen atoms in total. The molecule has 0 rings (SSSR count). The highest BCUT2D eigenvalue weighted by molar-refractivity contribution is 7.80. The molecule has 0 saturated heterocycles. The predicted octanol–water partition coefficient (Wildman–Crippen LogP) is 2.88. The van der Waals surface area contributed by atoms with Crippen LogP contribution in [0.4, 0.5) is 0 Å². The SMILES string of the molecule is CCCCCCCCCC(=O)C(C)(O)C(=O)OCS. The Kier molecular flexibility index (Phi) is 9.97. The number of carbonyl (C=O) groups is 2. The van der Waals surface area contributed by atoms with Crippen molar-refractivity contribution in [3.63, 3.8) is 0 Å². The number of rotatable bonds is 11. The lowest BCUT2D eigenvalue weighted by Crippen LogP contribution is -2.44. The third-order valence-corrected chi connectivity index (χ3v) is 3.27. The van der Waals surface area contributed by atoms with E-state index in [-0.39, 0.29) is 12.4 Å². The molecule has 1 atom stereocenters. The number of esters is 1. The van der Waals surface area contributed by atoms with Crippen molar-refractivity contribution in [3.05, 3.63) is 0 Å². The van der Waals surface area contributed by atoms with Crippen LogP contribution in [-0.2, 0) is 14.3 Å². The molecule has 0 aromatic carbocycles. The molecule has 0 aliphatic carbocycles. The van der Waals surface area contributed by atoms with Crippen molar-refractivity contribution in [3.8, 4) is 0 Å². The summed E-state index contributed by atoms with van der Waals surface area (Å²) in [5.74, 6) is -1.54. The second-order valence-corrected chi connectivity index (χ2v) is 5.19. The minimum atomic E-state index is -2.04. The zero-order chi connectivity index (χ0) is 14.7. The minimum Gasteiger partial charge on any atom is -0.452 e. The maximum absolute atomic E-state index is 11.7. The van der Waals surface area contributed by atoms with Gasteiger partial charge in [-0.15, -0.1) is 12.6 Å². The van der Waals surface area contributed by atoms with E-state index in [1.807, 2.05) is 0 Å². The highest BCUT2D eigenvalue weighted by Gasteiger charge is 2.39. The summed E-state index contributed by atoms with van der Waals surface area (Å²) in [6.07, 6.45) is 7.84. The van der Waals surface area contributed by atoms with Gasteiger partial charge in [0.25, 0.3) is 0 Å². The number of aliphatic hydroxyl groups is 1. The molecule has 0 aliphatic rings. The molecule has 0 saturated carbocycles. The lowest BCUT2D eigenvalue weighted by atomic mass is 9.96. The van der Waals surface area contributed by atoms with Crippen LogP contribution in [0.1, 0.15) is 65.2 Å². The van der Waals surface area contributed by atoms with Gasteiger partial charge < -0.3 is 9.84 Å². The summed E-state index contributed by atoms with van der Waals surface area (Å²) in [7, 11) is 0. The molecule has 112 valence electrons. The van der Waals surface area contributed by atoms with Crippen LogP contribution in [0.15, 0.2) is 0 Å². The second kappa shape index (κ2) is 10.3. The maximum atomic E-state index is 11.7. The first-order valence-corrected chi connectivity index (χ1v) is 7.63. The second-order valence-electron chi connectivity index (χ2n) is 4.93. The Morgan fingerprint density at radius 3 is 2.16 bits per heavy atom. The van der Waals surface area contributed by atoms with Gasteiger partial charge in [-0.1, -0.05) is 45.4 Å². The van der Waals surface area contributed by atoms with E-state index in [4.69, 9.17) is 0 Å². The van der Waals surface area contributed by atoms with Gasteiger partial charge in [-0.3, -0.25) is 4.79 Å². The molecule has 19 heavy (non-hydrogen) atoms. The molecule has 1 N–H and O–H groups in total. The molecular formula is C14H26O4S. The van der Waals surface area contributed by atoms with Gasteiger partial charge in [0.2, 0.25) is 5.60 Å². The van der Waals surface area contributed by atoms with Crippen LogP contribution in [0.2, 0.25) is 0 Å². The van der Waals surface area contributed by atoms with Crippen molar-refractivity contribution in [2.45, 2.75) is 70.8 Å². The summed E-state index contributed by atoms with van der Waals surface area (Å²) in [4.78, 5) is 23.1. The van der Waals surface area contributed by atoms with Crippen molar-refractivity contribution < 1.29 is 19.4 Å². The monoisotopic (exact) mass is 290 g/mol. The molecule has 0 spiro atoms. The Balaban J connectivity index is 3.81. The number of unbranched alkanes of at least 4 members (excludes halogenated alkanes) is 6. The Hall–Kier alpha value is -0.550. The maximum Gasteiger partial charge on any atom is 0.346 e. The number of ether oxygens (including phenoxy) is 1. The molecular weight excluding hydrogens is 264 g/mol. The van der Waals surface area contributed by atoms with Crippen molar-refractivity contribution in [2.24, 2.45) is 0 Å². The van der Waals surface area contributed by atoms with E-state index in [0.717, 1.165) is 12.8 Å². The predicted molar refractivity (Wildman–Crippen MR) is 78.2 cm³/mol. The third kappa shape index (κ3) is 7.57. The van der Waals surface area contributed by atoms with Crippen LogP contribution >= 0.6 is 12.6 Å². The van der Waals surface area contributed by atoms with E-state index < -0.39 is 17.4 Å². The first-order valence-electron chi connectivity index (χ1n) is 7.00. The zero-order valence-electron chi connectivity index (χ0n) is 12.0. The molecule has 0 amide bonds. The van der Waals surface area contributed by atoms with Crippen molar-refractivity contribution >= 4 is 24.4 Å². The minimum absolute atomic E-state index is 0.139. The molecule has 1 unspecified atom stereocenters. The summed E-state index contributed by atoms with van der Waals surface area (Å²) in [6.45, 7) is 3.35. The van der Waals surface area contributed by atoms with E-state index in [0.29, 0.717) is 6.42 Å². The molecule has 0 aliphatic heterocycles. The molecule has 0 bridgehead atoms. The summed E-state index contributed by atoms with van der Waals surface area (Å²) in [6, 6.07) is 0. The van der Waals surface area contributed by atoms with Crippen LogP contribution in [0.5, 0.6) is 0 Å². The Morgan fingerprint density at radius 2 is 1.63 bits per heavy atom. The van der Waals surface area contributed by atoms with Crippen LogP contribution < -0.4 is 0 Å². The number of carbonyl (C=O) groups excluding carboxylic acids is 2.